The van der Waals surface area contributed by atoms with Crippen LogP contribution in [0.15, 0.2) is 35.5 Å². The van der Waals surface area contributed by atoms with E-state index < -0.39 is 0 Å². The molecule has 1 heteroatoms. The van der Waals surface area contributed by atoms with Gasteiger partial charge in [0.15, 0.2) is 0 Å². The van der Waals surface area contributed by atoms with Crippen LogP contribution in [0.25, 0.3) is 0 Å². The Balaban J connectivity index is 4.83. The molecule has 0 aromatic rings. The lowest BCUT2D eigenvalue weighted by Crippen LogP contribution is -2.06. The van der Waals surface area contributed by atoms with E-state index in [0.717, 1.165) is 16.7 Å². The molecule has 0 amide bonds. The molecule has 0 radical (unpaired) electrons. The molecule has 0 spiro atoms. The predicted molar refractivity (Wildman–Crippen MR) is 51.4 cm³/mol. The first kappa shape index (κ1) is 10.2. The molecule has 0 fully saturated rings. The summed E-state index contributed by atoms with van der Waals surface area (Å²) < 4.78 is 0. The van der Waals surface area contributed by atoms with Crippen molar-refractivity contribution >= 4 is 0 Å². The van der Waals surface area contributed by atoms with Crippen molar-refractivity contribution in [2.24, 2.45) is 5.73 Å². The molecule has 0 aromatic carbocycles. The lowest BCUT2D eigenvalue weighted by molar-refractivity contribution is 1.10. The molecule has 0 saturated heterocycles. The van der Waals surface area contributed by atoms with Gasteiger partial charge in [-0.25, -0.2) is 0 Å². The van der Waals surface area contributed by atoms with Crippen molar-refractivity contribution < 1.29 is 0 Å². The molecule has 0 aliphatic rings. The van der Waals surface area contributed by atoms with E-state index in [9.17, 15) is 0 Å². The highest BCUT2D eigenvalue weighted by molar-refractivity contribution is 5.40. The van der Waals surface area contributed by atoms with Gasteiger partial charge in [0, 0.05) is 6.54 Å². The summed E-state index contributed by atoms with van der Waals surface area (Å²) in [5.74, 6) is 0. The monoisotopic (exact) mass is 151 g/mol. The molecule has 0 unspecified atom stereocenters. The van der Waals surface area contributed by atoms with Gasteiger partial charge < -0.3 is 5.73 Å². The van der Waals surface area contributed by atoms with E-state index in [-0.39, 0.29) is 0 Å². The van der Waals surface area contributed by atoms with E-state index in [1.807, 2.05) is 20.8 Å². The summed E-state index contributed by atoms with van der Waals surface area (Å²) in [6.45, 7) is 14.2. The van der Waals surface area contributed by atoms with Gasteiger partial charge in [0.2, 0.25) is 0 Å². The average molecular weight is 151 g/mol. The van der Waals surface area contributed by atoms with Crippen LogP contribution in [-0.4, -0.2) is 6.54 Å². The van der Waals surface area contributed by atoms with E-state index in [1.165, 1.54) is 5.57 Å². The lowest BCUT2D eigenvalue weighted by Gasteiger charge is -2.09. The molecular formula is C10H17N. The van der Waals surface area contributed by atoms with Crippen LogP contribution in [-0.2, 0) is 0 Å². The Bertz CT molecular complexity index is 209. The van der Waals surface area contributed by atoms with Gasteiger partial charge in [-0.1, -0.05) is 24.3 Å². The SMILES string of the molecule is C=C(C)/C(C)=C(/CN)C(=C)C. The van der Waals surface area contributed by atoms with Crippen molar-refractivity contribution in [1.29, 1.82) is 0 Å². The van der Waals surface area contributed by atoms with Crippen LogP contribution in [0.3, 0.4) is 0 Å². The van der Waals surface area contributed by atoms with E-state index in [4.69, 9.17) is 5.73 Å². The second kappa shape index (κ2) is 4.14. The second-order valence-electron chi connectivity index (χ2n) is 2.87. The highest BCUT2D eigenvalue weighted by atomic mass is 14.5. The van der Waals surface area contributed by atoms with Crippen LogP contribution >= 0.6 is 0 Å². The fourth-order valence-corrected chi connectivity index (χ4v) is 0.905. The summed E-state index contributed by atoms with van der Waals surface area (Å²) in [4.78, 5) is 0. The fraction of sp³-hybridized carbons (Fsp3) is 0.400. The van der Waals surface area contributed by atoms with Gasteiger partial charge in [0.1, 0.15) is 0 Å². The normalized spacial score (nSPS) is 12.4. The first-order valence-corrected chi connectivity index (χ1v) is 3.72. The number of allylic oxidation sites excluding steroid dienone is 2. The molecule has 0 rings (SSSR count). The molecular weight excluding hydrogens is 134 g/mol. The van der Waals surface area contributed by atoms with Gasteiger partial charge in [-0.15, -0.1) is 0 Å². The molecule has 0 heterocycles. The van der Waals surface area contributed by atoms with Crippen LogP contribution in [0.5, 0.6) is 0 Å². The smallest absolute Gasteiger partial charge is 0.0183 e. The molecule has 2 N–H and O–H groups in total. The van der Waals surface area contributed by atoms with Crippen LogP contribution in [0.2, 0.25) is 0 Å². The Labute approximate surface area is 69.3 Å². The third kappa shape index (κ3) is 2.72. The third-order valence-electron chi connectivity index (χ3n) is 1.81. The maximum Gasteiger partial charge on any atom is 0.0183 e. The lowest BCUT2D eigenvalue weighted by atomic mass is 9.99. The third-order valence-corrected chi connectivity index (χ3v) is 1.81. The van der Waals surface area contributed by atoms with Crippen molar-refractivity contribution in [3.05, 3.63) is 35.5 Å². The molecule has 0 aliphatic carbocycles. The summed E-state index contributed by atoms with van der Waals surface area (Å²) in [7, 11) is 0. The molecule has 1 nitrogen and oxygen atoms in total. The van der Waals surface area contributed by atoms with Crippen LogP contribution in [0.4, 0.5) is 0 Å². The largest absolute Gasteiger partial charge is 0.326 e. The first-order valence-electron chi connectivity index (χ1n) is 3.72. The van der Waals surface area contributed by atoms with E-state index >= 15 is 0 Å². The van der Waals surface area contributed by atoms with Gasteiger partial charge in [-0.3, -0.25) is 0 Å². The second-order valence-corrected chi connectivity index (χ2v) is 2.87. The minimum absolute atomic E-state index is 0.550. The zero-order valence-corrected chi connectivity index (χ0v) is 7.70. The van der Waals surface area contributed by atoms with Crippen molar-refractivity contribution in [2.75, 3.05) is 6.54 Å². The Morgan fingerprint density at radius 1 is 1.09 bits per heavy atom. The molecule has 0 atom stereocenters. The van der Waals surface area contributed by atoms with Gasteiger partial charge >= 0.3 is 0 Å². The topological polar surface area (TPSA) is 26.0 Å². The Kier molecular flexibility index (Phi) is 3.83. The van der Waals surface area contributed by atoms with Crippen LogP contribution in [0.1, 0.15) is 20.8 Å². The molecule has 0 bridgehead atoms. The number of hydrogen-bond donors (Lipinski definition) is 1. The number of hydrogen-bond acceptors (Lipinski definition) is 1. The highest BCUT2D eigenvalue weighted by Gasteiger charge is 2.00. The summed E-state index contributed by atoms with van der Waals surface area (Å²) in [5.41, 5.74) is 9.94. The van der Waals surface area contributed by atoms with E-state index in [0.29, 0.717) is 6.54 Å². The highest BCUT2D eigenvalue weighted by Crippen LogP contribution is 2.16. The Morgan fingerprint density at radius 3 is 1.64 bits per heavy atom. The van der Waals surface area contributed by atoms with Crippen LogP contribution < -0.4 is 5.73 Å². The predicted octanol–water partition coefficient (Wildman–Crippen LogP) is 2.41. The van der Waals surface area contributed by atoms with E-state index in [1.54, 1.807) is 0 Å². The first-order chi connectivity index (χ1) is 5.00. The number of nitrogens with two attached hydrogens (primary N) is 1. The molecule has 0 aromatic heterocycles. The maximum absolute atomic E-state index is 5.55. The summed E-state index contributed by atoms with van der Waals surface area (Å²) in [6, 6.07) is 0. The minimum Gasteiger partial charge on any atom is -0.326 e. The zero-order valence-electron chi connectivity index (χ0n) is 7.70. The van der Waals surface area contributed by atoms with Crippen LogP contribution in [0, 0.1) is 0 Å². The van der Waals surface area contributed by atoms with Gasteiger partial charge in [-0.2, -0.15) is 0 Å². The fourth-order valence-electron chi connectivity index (χ4n) is 0.905. The van der Waals surface area contributed by atoms with Crippen molar-refractivity contribution in [1.82, 2.24) is 0 Å². The quantitative estimate of drug-likeness (QED) is 0.616. The van der Waals surface area contributed by atoms with E-state index in [2.05, 4.69) is 13.2 Å². The summed E-state index contributed by atoms with van der Waals surface area (Å²) in [5, 5.41) is 0. The maximum atomic E-state index is 5.55. The molecule has 62 valence electrons. The molecule has 0 saturated carbocycles. The van der Waals surface area contributed by atoms with Gasteiger partial charge in [0.05, 0.1) is 0 Å². The molecule has 0 aliphatic heterocycles. The zero-order chi connectivity index (χ0) is 9.02. The Hall–Kier alpha value is -0.820. The number of rotatable bonds is 3. The van der Waals surface area contributed by atoms with Crippen molar-refractivity contribution in [3.63, 3.8) is 0 Å². The molecule has 11 heavy (non-hydrogen) atoms. The standard InChI is InChI=1S/C10H17N/c1-7(2)9(5)10(6-11)8(3)4/h1,3,6,11H2,2,4-5H3/b10-9-. The van der Waals surface area contributed by atoms with Gasteiger partial charge in [0.25, 0.3) is 0 Å². The van der Waals surface area contributed by atoms with Crippen molar-refractivity contribution in [2.45, 2.75) is 20.8 Å². The van der Waals surface area contributed by atoms with Gasteiger partial charge in [-0.05, 0) is 31.9 Å². The van der Waals surface area contributed by atoms with Crippen molar-refractivity contribution in [3.8, 4) is 0 Å². The Morgan fingerprint density at radius 2 is 1.55 bits per heavy atom. The summed E-state index contributed by atoms with van der Waals surface area (Å²) in [6.07, 6.45) is 0. The summed E-state index contributed by atoms with van der Waals surface area (Å²) >= 11 is 0. The minimum atomic E-state index is 0.550. The average Bonchev–Trinajstić information content (AvgIpc) is 1.88.